The van der Waals surface area contributed by atoms with Gasteiger partial charge in [-0.2, -0.15) is 9.36 Å². The van der Waals surface area contributed by atoms with Gasteiger partial charge in [-0.3, -0.25) is 19.3 Å². The molecule has 0 aliphatic carbocycles. The Morgan fingerprint density at radius 1 is 1.45 bits per heavy atom. The molecule has 0 aromatic carbocycles. The van der Waals surface area contributed by atoms with E-state index >= 15 is 0 Å². The predicted molar refractivity (Wildman–Crippen MR) is 99.0 cm³/mol. The van der Waals surface area contributed by atoms with E-state index in [0.29, 0.717) is 0 Å². The van der Waals surface area contributed by atoms with Crippen molar-refractivity contribution in [1.29, 1.82) is 0 Å². The summed E-state index contributed by atoms with van der Waals surface area (Å²) in [6.07, 6.45) is 0. The van der Waals surface area contributed by atoms with Crippen molar-refractivity contribution in [3.05, 3.63) is 17.1 Å². The molecule has 2 aliphatic rings. The van der Waals surface area contributed by atoms with Crippen LogP contribution in [-0.2, 0) is 23.9 Å². The molecule has 2 aliphatic heterocycles. The zero-order chi connectivity index (χ0) is 21.3. The zero-order valence-electron chi connectivity index (χ0n) is 14.7. The summed E-state index contributed by atoms with van der Waals surface area (Å²) < 4.78 is 8.61. The van der Waals surface area contributed by atoms with Gasteiger partial charge in [-0.15, -0.1) is 11.8 Å². The number of ether oxygens (including phenoxy) is 1. The molecule has 1 aromatic rings. The third kappa shape index (κ3) is 3.86. The molecular formula is C14H14N6O7S2. The Balaban J connectivity index is 1.76. The first kappa shape index (κ1) is 20.5. The fraction of sp³-hybridized carbons (Fsp3) is 0.357. The Morgan fingerprint density at radius 2 is 2.17 bits per heavy atom. The van der Waals surface area contributed by atoms with Crippen LogP contribution in [0.3, 0.4) is 0 Å². The maximum absolute atomic E-state index is 12.5. The molecular weight excluding hydrogens is 428 g/mol. The Labute approximate surface area is 170 Å². The summed E-state index contributed by atoms with van der Waals surface area (Å²) >= 11 is 1.98. The molecule has 0 bridgehead atoms. The van der Waals surface area contributed by atoms with E-state index in [0.717, 1.165) is 16.4 Å². The molecule has 29 heavy (non-hydrogen) atoms. The number of aliphatic carboxylic acids is 1. The van der Waals surface area contributed by atoms with Crippen LogP contribution in [-0.4, -0.2) is 77.8 Å². The van der Waals surface area contributed by atoms with Crippen molar-refractivity contribution in [2.24, 2.45) is 5.16 Å². The van der Waals surface area contributed by atoms with Crippen molar-refractivity contribution < 1.29 is 34.2 Å². The van der Waals surface area contributed by atoms with Gasteiger partial charge in [0.05, 0.1) is 0 Å². The number of thioether (sulfide) groups is 1. The first-order chi connectivity index (χ1) is 13.7. The van der Waals surface area contributed by atoms with Crippen molar-refractivity contribution in [3.8, 4) is 0 Å². The number of nitrogens with two attached hydrogens (primary N) is 1. The first-order valence-corrected chi connectivity index (χ1v) is 9.72. The van der Waals surface area contributed by atoms with E-state index in [4.69, 9.17) is 15.7 Å². The lowest BCUT2D eigenvalue weighted by molar-refractivity contribution is -0.150. The summed E-state index contributed by atoms with van der Waals surface area (Å²) in [7, 11) is 0. The van der Waals surface area contributed by atoms with Crippen molar-refractivity contribution in [3.63, 3.8) is 0 Å². The minimum absolute atomic E-state index is 0.0548. The molecule has 0 saturated carbocycles. The second-order valence-corrected chi connectivity index (χ2v) is 7.69. The number of oxime groups is 1. The first-order valence-electron chi connectivity index (χ1n) is 7.90. The van der Waals surface area contributed by atoms with Crippen LogP contribution in [0.4, 0.5) is 5.13 Å². The molecule has 154 valence electrons. The van der Waals surface area contributed by atoms with E-state index in [2.05, 4.69) is 19.8 Å². The van der Waals surface area contributed by atoms with E-state index in [1.54, 1.807) is 0 Å². The van der Waals surface area contributed by atoms with Gasteiger partial charge in [-0.1, -0.05) is 5.16 Å². The number of carbonyl (C=O) groups excluding carboxylic acids is 3. The molecule has 15 heteroatoms. The molecule has 1 aromatic heterocycles. The van der Waals surface area contributed by atoms with Crippen LogP contribution >= 0.6 is 23.3 Å². The monoisotopic (exact) mass is 442 g/mol. The van der Waals surface area contributed by atoms with Gasteiger partial charge in [0, 0.05) is 29.8 Å². The lowest BCUT2D eigenvalue weighted by Gasteiger charge is -2.49. The van der Waals surface area contributed by atoms with E-state index in [1.807, 2.05) is 0 Å². The van der Waals surface area contributed by atoms with Gasteiger partial charge in [-0.05, 0) is 0 Å². The largest absolute Gasteiger partial charge is 0.477 e. The molecule has 2 atom stereocenters. The number of carboxylic acid groups (broad SMARTS) is 1. The Morgan fingerprint density at radius 3 is 2.72 bits per heavy atom. The van der Waals surface area contributed by atoms with Crippen molar-refractivity contribution >= 4 is 57.9 Å². The fourth-order valence-electron chi connectivity index (χ4n) is 2.72. The molecule has 3 rings (SSSR count). The number of nitrogens with one attached hydrogen (secondary N) is 1. The van der Waals surface area contributed by atoms with Gasteiger partial charge < -0.3 is 26.1 Å². The smallest absolute Gasteiger partial charge is 0.352 e. The molecule has 1 fully saturated rings. The number of fused-ring (bicyclic) bond motifs is 1. The fourth-order valence-corrected chi connectivity index (χ4v) is 4.48. The molecule has 0 radical (unpaired) electrons. The van der Waals surface area contributed by atoms with Gasteiger partial charge in [0.15, 0.2) is 5.13 Å². The normalized spacial score (nSPS) is 21.3. The van der Waals surface area contributed by atoms with E-state index in [9.17, 15) is 24.3 Å². The lowest BCUT2D eigenvalue weighted by atomic mass is 10.0. The van der Waals surface area contributed by atoms with Gasteiger partial charge >= 0.3 is 11.9 Å². The average Bonchev–Trinajstić information content (AvgIpc) is 3.09. The molecule has 3 heterocycles. The van der Waals surface area contributed by atoms with Crippen LogP contribution in [0.15, 0.2) is 16.4 Å². The average molecular weight is 442 g/mol. The summed E-state index contributed by atoms with van der Waals surface area (Å²) in [5.41, 5.74) is 4.90. The van der Waals surface area contributed by atoms with Gasteiger partial charge in [0.1, 0.15) is 23.7 Å². The summed E-state index contributed by atoms with van der Waals surface area (Å²) in [5.74, 6) is -3.55. The lowest BCUT2D eigenvalue weighted by Crippen LogP contribution is -2.71. The molecule has 13 nitrogen and oxygen atoms in total. The minimum atomic E-state index is -1.35. The number of esters is 1. The highest BCUT2D eigenvalue weighted by Crippen LogP contribution is 2.40. The summed E-state index contributed by atoms with van der Waals surface area (Å²) in [6, 6.07) is -1.05. The standard InChI is InChI=1S/C14H14N6O7S2/c1-4(21)27-2-5-3-28-12-7(11(23)20(12)8(5)13(24)25)16-10(22)6(18-26)9-17-14(15)29-19-9/h7,12,26H,2-3H2,1H3,(H,16,22)(H,24,25)(H2,15,17,19)/b18-6-/t7-,12-/m1/s1. The number of nitrogens with zero attached hydrogens (tertiary/aromatic N) is 4. The van der Waals surface area contributed by atoms with Crippen molar-refractivity contribution in [1.82, 2.24) is 19.6 Å². The quantitative estimate of drug-likeness (QED) is 0.133. The summed E-state index contributed by atoms with van der Waals surface area (Å²) in [4.78, 5) is 52.3. The third-order valence-corrected chi connectivity index (χ3v) is 5.84. The maximum Gasteiger partial charge on any atom is 0.352 e. The number of aromatic nitrogens is 2. The zero-order valence-corrected chi connectivity index (χ0v) is 16.3. The number of amides is 2. The van der Waals surface area contributed by atoms with E-state index in [-0.39, 0.29) is 34.6 Å². The number of hydrogen-bond donors (Lipinski definition) is 4. The van der Waals surface area contributed by atoms with Crippen LogP contribution in [0.1, 0.15) is 12.7 Å². The highest BCUT2D eigenvalue weighted by atomic mass is 32.2. The van der Waals surface area contributed by atoms with Crippen LogP contribution in [0.25, 0.3) is 0 Å². The minimum Gasteiger partial charge on any atom is -0.477 e. The number of carboxylic acids is 1. The number of carbonyl (C=O) groups is 4. The number of anilines is 1. The molecule has 0 spiro atoms. The Bertz CT molecular complexity index is 958. The molecule has 5 N–H and O–H groups in total. The SMILES string of the molecule is CC(=O)OCC1=C(C(=O)O)N2C(=O)[C@@H](NC(=O)/C(=N\O)c3nsc(N)n3)[C@H]2SC1. The third-order valence-electron chi connectivity index (χ3n) is 3.95. The number of rotatable bonds is 6. The predicted octanol–water partition coefficient (Wildman–Crippen LogP) is -1.40. The topological polar surface area (TPSA) is 197 Å². The van der Waals surface area contributed by atoms with Crippen LogP contribution in [0, 0.1) is 0 Å². The highest BCUT2D eigenvalue weighted by molar-refractivity contribution is 8.00. The van der Waals surface area contributed by atoms with Gasteiger partial charge in [0.25, 0.3) is 11.8 Å². The highest BCUT2D eigenvalue weighted by Gasteiger charge is 2.54. The van der Waals surface area contributed by atoms with Crippen LogP contribution in [0.5, 0.6) is 0 Å². The van der Waals surface area contributed by atoms with Crippen molar-refractivity contribution in [2.45, 2.75) is 18.3 Å². The van der Waals surface area contributed by atoms with Gasteiger partial charge in [0.2, 0.25) is 11.5 Å². The van der Waals surface area contributed by atoms with E-state index in [1.165, 1.54) is 18.7 Å². The van der Waals surface area contributed by atoms with Crippen molar-refractivity contribution in [2.75, 3.05) is 18.1 Å². The number of nitrogen functional groups attached to an aromatic ring is 1. The summed E-state index contributed by atoms with van der Waals surface area (Å²) in [5, 5.41) is 23.2. The van der Waals surface area contributed by atoms with E-state index < -0.39 is 40.9 Å². The number of β-lactam (4-membered cyclic amide) rings is 1. The Kier molecular flexibility index (Phi) is 5.69. The van der Waals surface area contributed by atoms with Crippen LogP contribution in [0.2, 0.25) is 0 Å². The second-order valence-electron chi connectivity index (χ2n) is 5.80. The maximum atomic E-state index is 12.5. The van der Waals surface area contributed by atoms with Crippen LogP contribution < -0.4 is 11.1 Å². The van der Waals surface area contributed by atoms with Gasteiger partial charge in [-0.25, -0.2) is 4.79 Å². The summed E-state index contributed by atoms with van der Waals surface area (Å²) in [6.45, 7) is 0.932. The molecule has 0 unspecified atom stereocenters. The molecule has 1 saturated heterocycles. The molecule has 2 amide bonds. The Hall–Kier alpha value is -3.20. The number of hydrogen-bond acceptors (Lipinski definition) is 12. The second kappa shape index (κ2) is 8.04.